The Bertz CT molecular complexity index is 547. The number of ether oxygens (including phenoxy) is 1. The third-order valence-corrected chi connectivity index (χ3v) is 2.72. The molecule has 0 amide bonds. The van der Waals surface area contributed by atoms with Crippen LogP contribution in [0.3, 0.4) is 0 Å². The van der Waals surface area contributed by atoms with E-state index in [0.29, 0.717) is 0 Å². The summed E-state index contributed by atoms with van der Waals surface area (Å²) in [6.07, 6.45) is -0.624. The van der Waals surface area contributed by atoms with E-state index >= 15 is 0 Å². The number of carboxylic acids is 1. The zero-order chi connectivity index (χ0) is 15.0. The van der Waals surface area contributed by atoms with Gasteiger partial charge in [-0.05, 0) is 11.5 Å². The second kappa shape index (κ2) is 8.40. The lowest BCUT2D eigenvalue weighted by Gasteiger charge is -2.11. The molecule has 0 spiro atoms. The van der Waals surface area contributed by atoms with Gasteiger partial charge in [0.1, 0.15) is 18.5 Å². The fourth-order valence-corrected chi connectivity index (χ4v) is 1.64. The SMILES string of the molecule is CC(=O)O.OC(CCl)COc1cccc2ccccc12. The zero-order valence-electron chi connectivity index (χ0n) is 11.1. The number of aliphatic carboxylic acids is 1. The molecule has 0 aliphatic rings. The average molecular weight is 297 g/mol. The number of hydrogen-bond donors (Lipinski definition) is 2. The molecule has 4 nitrogen and oxygen atoms in total. The van der Waals surface area contributed by atoms with Crippen LogP contribution in [0, 0.1) is 0 Å². The highest BCUT2D eigenvalue weighted by Gasteiger charge is 2.05. The van der Waals surface area contributed by atoms with Crippen molar-refractivity contribution in [1.29, 1.82) is 0 Å². The number of benzene rings is 2. The van der Waals surface area contributed by atoms with E-state index in [1.165, 1.54) is 0 Å². The first-order chi connectivity index (χ1) is 9.54. The van der Waals surface area contributed by atoms with Crippen molar-refractivity contribution in [2.75, 3.05) is 12.5 Å². The van der Waals surface area contributed by atoms with E-state index in [2.05, 4.69) is 0 Å². The molecule has 2 N–H and O–H groups in total. The van der Waals surface area contributed by atoms with Gasteiger partial charge in [0.25, 0.3) is 5.97 Å². The summed E-state index contributed by atoms with van der Waals surface area (Å²) in [5.41, 5.74) is 0. The van der Waals surface area contributed by atoms with Gasteiger partial charge < -0.3 is 14.9 Å². The predicted octanol–water partition coefficient (Wildman–Crippen LogP) is 2.91. The van der Waals surface area contributed by atoms with Gasteiger partial charge in [-0.15, -0.1) is 11.6 Å². The first-order valence-electron chi connectivity index (χ1n) is 6.08. The van der Waals surface area contributed by atoms with Crippen LogP contribution in [-0.2, 0) is 4.79 Å². The van der Waals surface area contributed by atoms with Gasteiger partial charge in [-0.2, -0.15) is 0 Å². The molecule has 0 heterocycles. The summed E-state index contributed by atoms with van der Waals surface area (Å²) in [5, 5.41) is 18.9. The van der Waals surface area contributed by atoms with E-state index in [0.717, 1.165) is 23.4 Å². The molecule has 5 heteroatoms. The standard InChI is InChI=1S/C13H13ClO2.C2H4O2/c14-8-11(15)9-16-13-7-3-5-10-4-1-2-6-12(10)13;1-2(3)4/h1-7,11,15H,8-9H2;1H3,(H,3,4). The van der Waals surface area contributed by atoms with Crippen LogP contribution in [0.25, 0.3) is 10.8 Å². The Labute approximate surface area is 122 Å². The second-order valence-corrected chi connectivity index (χ2v) is 4.42. The van der Waals surface area contributed by atoms with Gasteiger partial charge in [0.05, 0.1) is 5.88 Å². The fraction of sp³-hybridized carbons (Fsp3) is 0.267. The summed E-state index contributed by atoms with van der Waals surface area (Å²) >= 11 is 5.51. The Morgan fingerprint density at radius 2 is 1.85 bits per heavy atom. The van der Waals surface area contributed by atoms with Crippen molar-refractivity contribution in [1.82, 2.24) is 0 Å². The monoisotopic (exact) mass is 296 g/mol. The van der Waals surface area contributed by atoms with Gasteiger partial charge in [0, 0.05) is 12.3 Å². The Hall–Kier alpha value is -1.78. The molecule has 0 saturated carbocycles. The Morgan fingerprint density at radius 1 is 1.25 bits per heavy atom. The van der Waals surface area contributed by atoms with Gasteiger partial charge in [0.2, 0.25) is 0 Å². The van der Waals surface area contributed by atoms with E-state index in [1.54, 1.807) is 0 Å². The van der Waals surface area contributed by atoms with Gasteiger partial charge in [-0.1, -0.05) is 36.4 Å². The average Bonchev–Trinajstić information content (AvgIpc) is 2.44. The molecule has 0 aromatic heterocycles. The highest BCUT2D eigenvalue weighted by molar-refractivity contribution is 6.18. The van der Waals surface area contributed by atoms with Crippen molar-refractivity contribution in [3.05, 3.63) is 42.5 Å². The molecular formula is C15H17ClO4. The molecule has 2 rings (SSSR count). The number of fused-ring (bicyclic) bond motifs is 1. The fourth-order valence-electron chi connectivity index (χ4n) is 1.55. The van der Waals surface area contributed by atoms with Crippen LogP contribution < -0.4 is 4.74 Å². The summed E-state index contributed by atoms with van der Waals surface area (Å²) in [7, 11) is 0. The molecule has 0 fully saturated rings. The maximum absolute atomic E-state index is 9.33. The lowest BCUT2D eigenvalue weighted by atomic mass is 10.1. The smallest absolute Gasteiger partial charge is 0.300 e. The third-order valence-electron chi connectivity index (χ3n) is 2.36. The predicted molar refractivity (Wildman–Crippen MR) is 79.5 cm³/mol. The number of rotatable bonds is 4. The maximum Gasteiger partial charge on any atom is 0.300 e. The Kier molecular flexibility index (Phi) is 6.84. The molecule has 2 aromatic rings. The van der Waals surface area contributed by atoms with Crippen LogP contribution in [0.5, 0.6) is 5.75 Å². The molecule has 0 saturated heterocycles. The van der Waals surface area contributed by atoms with Crippen molar-refractivity contribution in [2.45, 2.75) is 13.0 Å². The number of carbonyl (C=O) groups is 1. The number of carboxylic acid groups (broad SMARTS) is 1. The molecule has 20 heavy (non-hydrogen) atoms. The van der Waals surface area contributed by atoms with Crippen molar-refractivity contribution >= 4 is 28.3 Å². The zero-order valence-corrected chi connectivity index (χ0v) is 11.9. The molecule has 108 valence electrons. The van der Waals surface area contributed by atoms with Crippen LogP contribution in [0.4, 0.5) is 0 Å². The molecule has 0 radical (unpaired) electrons. The highest BCUT2D eigenvalue weighted by Crippen LogP contribution is 2.25. The first kappa shape index (κ1) is 16.3. The van der Waals surface area contributed by atoms with E-state index < -0.39 is 12.1 Å². The van der Waals surface area contributed by atoms with E-state index in [9.17, 15) is 5.11 Å². The minimum Gasteiger partial charge on any atom is -0.490 e. The largest absolute Gasteiger partial charge is 0.490 e. The first-order valence-corrected chi connectivity index (χ1v) is 6.62. The van der Waals surface area contributed by atoms with Crippen molar-refractivity contribution in [2.24, 2.45) is 0 Å². The molecule has 0 aliphatic carbocycles. The van der Waals surface area contributed by atoms with Gasteiger partial charge in [-0.25, -0.2) is 0 Å². The van der Waals surface area contributed by atoms with Crippen LogP contribution in [0.15, 0.2) is 42.5 Å². The number of aliphatic hydroxyl groups is 1. The van der Waals surface area contributed by atoms with E-state index in [4.69, 9.17) is 26.2 Å². The second-order valence-electron chi connectivity index (χ2n) is 4.12. The lowest BCUT2D eigenvalue weighted by molar-refractivity contribution is -0.134. The maximum atomic E-state index is 9.33. The summed E-state index contributed by atoms with van der Waals surface area (Å²) in [5.74, 6) is 0.132. The summed E-state index contributed by atoms with van der Waals surface area (Å²) in [4.78, 5) is 9.00. The molecule has 1 atom stereocenters. The van der Waals surface area contributed by atoms with Crippen LogP contribution in [-0.4, -0.2) is 34.8 Å². The Balaban J connectivity index is 0.000000444. The highest BCUT2D eigenvalue weighted by atomic mass is 35.5. The van der Waals surface area contributed by atoms with Crippen LogP contribution in [0.1, 0.15) is 6.92 Å². The van der Waals surface area contributed by atoms with Crippen molar-refractivity contribution in [3.8, 4) is 5.75 Å². The number of halogens is 1. The third kappa shape index (κ3) is 5.47. The van der Waals surface area contributed by atoms with Crippen LogP contribution >= 0.6 is 11.6 Å². The number of hydrogen-bond acceptors (Lipinski definition) is 3. The molecule has 1 unspecified atom stereocenters. The lowest BCUT2D eigenvalue weighted by Crippen LogP contribution is -2.18. The molecule has 0 bridgehead atoms. The molecular weight excluding hydrogens is 280 g/mol. The minimum absolute atomic E-state index is 0.185. The number of aliphatic hydroxyl groups excluding tert-OH is 1. The van der Waals surface area contributed by atoms with E-state index in [-0.39, 0.29) is 12.5 Å². The van der Waals surface area contributed by atoms with Crippen molar-refractivity contribution in [3.63, 3.8) is 0 Å². The number of alkyl halides is 1. The van der Waals surface area contributed by atoms with Crippen LogP contribution in [0.2, 0.25) is 0 Å². The van der Waals surface area contributed by atoms with Crippen molar-refractivity contribution < 1.29 is 19.7 Å². The van der Waals surface area contributed by atoms with Gasteiger partial charge >= 0.3 is 0 Å². The minimum atomic E-state index is -0.833. The normalized spacial score (nSPS) is 11.3. The van der Waals surface area contributed by atoms with E-state index in [1.807, 2.05) is 42.5 Å². The molecule has 2 aromatic carbocycles. The van der Waals surface area contributed by atoms with Gasteiger partial charge in [-0.3, -0.25) is 4.79 Å². The summed E-state index contributed by atoms with van der Waals surface area (Å²) in [6.45, 7) is 1.30. The van der Waals surface area contributed by atoms with Gasteiger partial charge in [0.15, 0.2) is 0 Å². The molecule has 0 aliphatic heterocycles. The Morgan fingerprint density at radius 3 is 2.50 bits per heavy atom. The summed E-state index contributed by atoms with van der Waals surface area (Å²) in [6, 6.07) is 13.8. The summed E-state index contributed by atoms with van der Waals surface area (Å²) < 4.78 is 5.54. The topological polar surface area (TPSA) is 66.8 Å². The quantitative estimate of drug-likeness (QED) is 0.851.